The number of benzene rings is 2. The zero-order chi connectivity index (χ0) is 16.5. The van der Waals surface area contributed by atoms with Gasteiger partial charge in [0.2, 0.25) is 0 Å². The first-order chi connectivity index (χ1) is 11.2. The van der Waals surface area contributed by atoms with Crippen LogP contribution in [0.5, 0.6) is 5.75 Å². The normalized spacial score (nSPS) is 10.3. The molecule has 0 radical (unpaired) electrons. The lowest BCUT2D eigenvalue weighted by molar-refractivity contribution is -0.143. The van der Waals surface area contributed by atoms with E-state index in [2.05, 4.69) is 18.2 Å². The van der Waals surface area contributed by atoms with Gasteiger partial charge in [0, 0.05) is 18.4 Å². The van der Waals surface area contributed by atoms with E-state index in [9.17, 15) is 4.79 Å². The van der Waals surface area contributed by atoms with Crippen molar-refractivity contribution in [1.29, 1.82) is 0 Å². The van der Waals surface area contributed by atoms with Crippen molar-refractivity contribution < 1.29 is 14.3 Å². The first-order valence-corrected chi connectivity index (χ1v) is 8.09. The minimum Gasteiger partial charge on any atom is -0.496 e. The van der Waals surface area contributed by atoms with E-state index in [4.69, 9.17) is 9.47 Å². The third-order valence-corrected chi connectivity index (χ3v) is 3.81. The molecule has 3 nitrogen and oxygen atoms in total. The molecule has 0 N–H and O–H groups in total. The molecule has 2 aromatic carbocycles. The van der Waals surface area contributed by atoms with E-state index in [-0.39, 0.29) is 5.97 Å². The second-order valence-corrected chi connectivity index (χ2v) is 5.42. The molecule has 0 aliphatic rings. The van der Waals surface area contributed by atoms with Gasteiger partial charge in [0.25, 0.3) is 0 Å². The maximum Gasteiger partial charge on any atom is 0.305 e. The van der Waals surface area contributed by atoms with Gasteiger partial charge >= 0.3 is 5.97 Å². The molecule has 0 bridgehead atoms. The van der Waals surface area contributed by atoms with E-state index in [0.717, 1.165) is 25.0 Å². The largest absolute Gasteiger partial charge is 0.496 e. The maximum absolute atomic E-state index is 11.5. The van der Waals surface area contributed by atoms with Crippen LogP contribution in [0.1, 0.15) is 36.5 Å². The first-order valence-electron chi connectivity index (χ1n) is 8.09. The number of rotatable bonds is 8. The Labute approximate surface area is 138 Å². The quantitative estimate of drug-likeness (QED) is 0.686. The van der Waals surface area contributed by atoms with Gasteiger partial charge < -0.3 is 9.47 Å². The lowest BCUT2D eigenvalue weighted by Gasteiger charge is -2.14. The first kappa shape index (κ1) is 17.1. The molecular formula is C20H24O3. The molecule has 2 rings (SSSR count). The molecule has 0 fully saturated rings. The monoisotopic (exact) mass is 312 g/mol. The second-order valence-electron chi connectivity index (χ2n) is 5.42. The number of hydrogen-bond acceptors (Lipinski definition) is 3. The highest BCUT2D eigenvalue weighted by atomic mass is 16.5. The summed E-state index contributed by atoms with van der Waals surface area (Å²) in [6.45, 7) is 2.27. The van der Waals surface area contributed by atoms with E-state index in [1.807, 2.05) is 37.3 Å². The van der Waals surface area contributed by atoms with Gasteiger partial charge in [-0.1, -0.05) is 42.5 Å². The highest BCUT2D eigenvalue weighted by Crippen LogP contribution is 2.26. The third kappa shape index (κ3) is 5.13. The summed E-state index contributed by atoms with van der Waals surface area (Å²) in [5.74, 6) is 0.780. The minimum absolute atomic E-state index is 0.125. The van der Waals surface area contributed by atoms with Crippen molar-refractivity contribution in [2.24, 2.45) is 0 Å². The highest BCUT2D eigenvalue weighted by Gasteiger charge is 2.11. The molecule has 0 unspecified atom stereocenters. The predicted octanol–water partition coefficient (Wildman–Crippen LogP) is 4.17. The fourth-order valence-electron chi connectivity index (χ4n) is 2.69. The standard InChI is InChI=1S/C20H24O3/c1-3-23-20(21)14-8-12-17-11-7-13-19(22-2)18(17)15-16-9-5-4-6-10-16/h4-7,9-11,13H,3,8,12,14-15H2,1-2H3. The van der Waals surface area contributed by atoms with Crippen molar-refractivity contribution in [3.05, 3.63) is 65.2 Å². The van der Waals surface area contributed by atoms with Crippen LogP contribution in [0, 0.1) is 0 Å². The number of ether oxygens (including phenoxy) is 2. The van der Waals surface area contributed by atoms with E-state index >= 15 is 0 Å². The Hall–Kier alpha value is -2.29. The van der Waals surface area contributed by atoms with Gasteiger partial charge in [-0.05, 0) is 37.0 Å². The molecule has 23 heavy (non-hydrogen) atoms. The molecule has 0 amide bonds. The van der Waals surface area contributed by atoms with Crippen molar-refractivity contribution in [2.45, 2.75) is 32.6 Å². The second kappa shape index (κ2) is 8.99. The van der Waals surface area contributed by atoms with Crippen LogP contribution in [-0.2, 0) is 22.4 Å². The lowest BCUT2D eigenvalue weighted by atomic mass is 9.95. The summed E-state index contributed by atoms with van der Waals surface area (Å²) in [5.41, 5.74) is 3.69. The van der Waals surface area contributed by atoms with Crippen LogP contribution in [-0.4, -0.2) is 19.7 Å². The smallest absolute Gasteiger partial charge is 0.305 e. The van der Waals surface area contributed by atoms with Crippen molar-refractivity contribution in [3.63, 3.8) is 0 Å². The number of hydrogen-bond donors (Lipinski definition) is 0. The number of carbonyl (C=O) groups excluding carboxylic acids is 1. The minimum atomic E-state index is -0.125. The molecule has 0 saturated carbocycles. The summed E-state index contributed by atoms with van der Waals surface area (Å²) in [4.78, 5) is 11.5. The van der Waals surface area contributed by atoms with Gasteiger partial charge in [-0.3, -0.25) is 4.79 Å². The summed E-state index contributed by atoms with van der Waals surface area (Å²) in [5, 5.41) is 0. The molecule has 3 heteroatoms. The average molecular weight is 312 g/mol. The van der Waals surface area contributed by atoms with E-state index < -0.39 is 0 Å². The molecule has 2 aromatic rings. The third-order valence-electron chi connectivity index (χ3n) is 3.81. The Morgan fingerprint density at radius 3 is 2.52 bits per heavy atom. The zero-order valence-corrected chi connectivity index (χ0v) is 13.9. The summed E-state index contributed by atoms with van der Waals surface area (Å²) in [6.07, 6.45) is 2.92. The average Bonchev–Trinajstić information content (AvgIpc) is 2.57. The van der Waals surface area contributed by atoms with Gasteiger partial charge in [0.05, 0.1) is 13.7 Å². The maximum atomic E-state index is 11.5. The zero-order valence-electron chi connectivity index (χ0n) is 13.9. The van der Waals surface area contributed by atoms with Crippen LogP contribution in [0.15, 0.2) is 48.5 Å². The molecule has 0 aliphatic carbocycles. The van der Waals surface area contributed by atoms with Gasteiger partial charge in [-0.2, -0.15) is 0 Å². The molecule has 0 atom stereocenters. The highest BCUT2D eigenvalue weighted by molar-refractivity contribution is 5.69. The van der Waals surface area contributed by atoms with Crippen molar-refractivity contribution in [2.75, 3.05) is 13.7 Å². The number of carbonyl (C=O) groups is 1. The molecule has 122 valence electrons. The molecule has 0 saturated heterocycles. The summed E-state index contributed by atoms with van der Waals surface area (Å²) < 4.78 is 10.5. The predicted molar refractivity (Wildman–Crippen MR) is 91.8 cm³/mol. The van der Waals surface area contributed by atoms with E-state index in [0.29, 0.717) is 13.0 Å². The fourth-order valence-corrected chi connectivity index (χ4v) is 2.69. The molecular weight excluding hydrogens is 288 g/mol. The van der Waals surface area contributed by atoms with Gasteiger partial charge in [0.15, 0.2) is 0 Å². The Kier molecular flexibility index (Phi) is 6.67. The van der Waals surface area contributed by atoms with E-state index in [1.54, 1.807) is 7.11 Å². The van der Waals surface area contributed by atoms with Crippen LogP contribution in [0.25, 0.3) is 0 Å². The lowest BCUT2D eigenvalue weighted by Crippen LogP contribution is -2.05. The van der Waals surface area contributed by atoms with Crippen LogP contribution in [0.4, 0.5) is 0 Å². The topological polar surface area (TPSA) is 35.5 Å². The Morgan fingerprint density at radius 1 is 1.04 bits per heavy atom. The van der Waals surface area contributed by atoms with Crippen molar-refractivity contribution in [3.8, 4) is 5.75 Å². The van der Waals surface area contributed by atoms with Crippen LogP contribution >= 0.6 is 0 Å². The molecule has 0 spiro atoms. The van der Waals surface area contributed by atoms with Crippen LogP contribution in [0.3, 0.4) is 0 Å². The summed E-state index contributed by atoms with van der Waals surface area (Å²) >= 11 is 0. The number of esters is 1. The number of methoxy groups -OCH3 is 1. The van der Waals surface area contributed by atoms with Gasteiger partial charge in [-0.25, -0.2) is 0 Å². The summed E-state index contributed by atoms with van der Waals surface area (Å²) in [7, 11) is 1.70. The molecule has 0 heterocycles. The van der Waals surface area contributed by atoms with Crippen LogP contribution in [0.2, 0.25) is 0 Å². The molecule has 0 aliphatic heterocycles. The van der Waals surface area contributed by atoms with Crippen LogP contribution < -0.4 is 4.74 Å². The molecule has 0 aromatic heterocycles. The fraction of sp³-hybridized carbons (Fsp3) is 0.350. The van der Waals surface area contributed by atoms with E-state index in [1.165, 1.54) is 16.7 Å². The Morgan fingerprint density at radius 2 is 1.83 bits per heavy atom. The SMILES string of the molecule is CCOC(=O)CCCc1cccc(OC)c1Cc1ccccc1. The van der Waals surface area contributed by atoms with Gasteiger partial charge in [-0.15, -0.1) is 0 Å². The van der Waals surface area contributed by atoms with Crippen molar-refractivity contribution >= 4 is 5.97 Å². The number of aryl methyl sites for hydroxylation is 1. The van der Waals surface area contributed by atoms with Crippen molar-refractivity contribution in [1.82, 2.24) is 0 Å². The Bertz CT molecular complexity index is 620. The Balaban J connectivity index is 2.10. The summed E-state index contributed by atoms with van der Waals surface area (Å²) in [6, 6.07) is 16.5. The van der Waals surface area contributed by atoms with Gasteiger partial charge in [0.1, 0.15) is 5.75 Å².